The van der Waals surface area contributed by atoms with Gasteiger partial charge in [-0.1, -0.05) is 19.1 Å². The Morgan fingerprint density at radius 2 is 1.91 bits per heavy atom. The highest BCUT2D eigenvalue weighted by molar-refractivity contribution is 7.92. The van der Waals surface area contributed by atoms with E-state index in [1.807, 2.05) is 6.92 Å². The van der Waals surface area contributed by atoms with E-state index >= 15 is 0 Å². The molecule has 0 fully saturated rings. The summed E-state index contributed by atoms with van der Waals surface area (Å²) in [6.07, 6.45) is 0.786. The summed E-state index contributed by atoms with van der Waals surface area (Å²) in [5.41, 5.74) is 0.152. The molecule has 1 aromatic rings. The highest BCUT2D eigenvalue weighted by Crippen LogP contribution is 2.18. The molecule has 1 amide bonds. The van der Waals surface area contributed by atoms with Gasteiger partial charge < -0.3 is 10.1 Å². The SMILES string of the molecule is CCCNC(=O)[C@@H](C)OC(=O)c1ccccc1NS(C)(=O)=O. The largest absolute Gasteiger partial charge is 0.449 e. The zero-order valence-corrected chi connectivity index (χ0v) is 13.6. The van der Waals surface area contributed by atoms with Gasteiger partial charge in [-0.3, -0.25) is 9.52 Å². The van der Waals surface area contributed by atoms with Gasteiger partial charge in [0.15, 0.2) is 6.10 Å². The molecule has 2 N–H and O–H groups in total. The highest BCUT2D eigenvalue weighted by Gasteiger charge is 2.21. The molecule has 0 saturated carbocycles. The average Bonchev–Trinajstić information content (AvgIpc) is 2.43. The third-order valence-corrected chi connectivity index (χ3v) is 3.24. The Morgan fingerprint density at radius 3 is 2.50 bits per heavy atom. The van der Waals surface area contributed by atoms with E-state index in [1.165, 1.54) is 19.1 Å². The van der Waals surface area contributed by atoms with Crippen molar-refractivity contribution in [3.05, 3.63) is 29.8 Å². The minimum atomic E-state index is -3.53. The molecule has 0 heterocycles. The minimum absolute atomic E-state index is 0.0445. The van der Waals surface area contributed by atoms with Crippen LogP contribution < -0.4 is 10.0 Å². The lowest BCUT2D eigenvalue weighted by atomic mass is 10.2. The van der Waals surface area contributed by atoms with Gasteiger partial charge >= 0.3 is 5.97 Å². The first-order valence-electron chi connectivity index (χ1n) is 6.80. The molecule has 0 aliphatic rings. The van der Waals surface area contributed by atoms with Crippen LogP contribution in [0.3, 0.4) is 0 Å². The molecule has 0 saturated heterocycles. The lowest BCUT2D eigenvalue weighted by Crippen LogP contribution is -2.36. The topological polar surface area (TPSA) is 102 Å². The maximum absolute atomic E-state index is 12.1. The molecular formula is C14H20N2O5S. The third-order valence-electron chi connectivity index (χ3n) is 2.64. The average molecular weight is 328 g/mol. The number of carbonyl (C=O) groups excluding carboxylic acids is 2. The predicted molar refractivity (Wildman–Crippen MR) is 83.1 cm³/mol. The van der Waals surface area contributed by atoms with Crippen LogP contribution in [-0.2, 0) is 19.6 Å². The van der Waals surface area contributed by atoms with Crippen LogP contribution in [0.15, 0.2) is 24.3 Å². The molecule has 7 nitrogen and oxygen atoms in total. The molecule has 1 rings (SSSR count). The lowest BCUT2D eigenvalue weighted by molar-refractivity contribution is -0.129. The van der Waals surface area contributed by atoms with Crippen LogP contribution in [-0.4, -0.2) is 39.2 Å². The Hall–Kier alpha value is -2.09. The smallest absolute Gasteiger partial charge is 0.341 e. The number of amides is 1. The van der Waals surface area contributed by atoms with Crippen molar-refractivity contribution < 1.29 is 22.7 Å². The molecule has 0 radical (unpaired) electrons. The summed E-state index contributed by atoms with van der Waals surface area (Å²) in [6.45, 7) is 3.85. The van der Waals surface area contributed by atoms with Gasteiger partial charge in [-0.25, -0.2) is 13.2 Å². The van der Waals surface area contributed by atoms with Crippen molar-refractivity contribution in [2.45, 2.75) is 26.4 Å². The molecule has 0 spiro atoms. The van der Waals surface area contributed by atoms with Crippen molar-refractivity contribution in [1.29, 1.82) is 0 Å². The van der Waals surface area contributed by atoms with Crippen LogP contribution in [0, 0.1) is 0 Å². The summed E-state index contributed by atoms with van der Waals surface area (Å²) in [6, 6.07) is 6.03. The van der Waals surface area contributed by atoms with Gasteiger partial charge in [0, 0.05) is 6.54 Å². The lowest BCUT2D eigenvalue weighted by Gasteiger charge is -2.15. The summed E-state index contributed by atoms with van der Waals surface area (Å²) in [7, 11) is -3.53. The molecule has 0 bridgehead atoms. The molecule has 0 aromatic heterocycles. The normalized spacial score (nSPS) is 12.3. The van der Waals surface area contributed by atoms with Crippen LogP contribution >= 0.6 is 0 Å². The van der Waals surface area contributed by atoms with Crippen LogP contribution in [0.5, 0.6) is 0 Å². The van der Waals surface area contributed by atoms with E-state index in [1.54, 1.807) is 12.1 Å². The monoisotopic (exact) mass is 328 g/mol. The zero-order chi connectivity index (χ0) is 16.8. The standard InChI is InChI=1S/C14H20N2O5S/c1-4-9-15-13(17)10(2)21-14(18)11-7-5-6-8-12(11)16-22(3,19)20/h5-8,10,16H,4,9H2,1-3H3,(H,15,17)/t10-/m1/s1. The second kappa shape index (κ2) is 7.79. The first-order chi connectivity index (χ1) is 10.2. The zero-order valence-electron chi connectivity index (χ0n) is 12.8. The van der Waals surface area contributed by atoms with Gasteiger partial charge in [-0.05, 0) is 25.5 Å². The highest BCUT2D eigenvalue weighted by atomic mass is 32.2. The number of anilines is 1. The number of benzene rings is 1. The molecule has 0 aliphatic heterocycles. The number of hydrogen-bond donors (Lipinski definition) is 2. The summed E-state index contributed by atoms with van der Waals surface area (Å²) in [5.74, 6) is -1.17. The predicted octanol–water partition coefficient (Wildman–Crippen LogP) is 1.13. The van der Waals surface area contributed by atoms with Crippen molar-refractivity contribution in [3.63, 3.8) is 0 Å². The van der Waals surface area contributed by atoms with Gasteiger partial charge in [0.05, 0.1) is 17.5 Å². The summed E-state index contributed by atoms with van der Waals surface area (Å²) < 4.78 is 29.9. The molecular weight excluding hydrogens is 308 g/mol. The molecule has 1 aromatic carbocycles. The maximum atomic E-state index is 12.1. The molecule has 1 atom stereocenters. The second-order valence-electron chi connectivity index (χ2n) is 4.76. The number of para-hydroxylation sites is 1. The van der Waals surface area contributed by atoms with Gasteiger partial charge in [-0.2, -0.15) is 0 Å². The van der Waals surface area contributed by atoms with Gasteiger partial charge in [-0.15, -0.1) is 0 Å². The van der Waals surface area contributed by atoms with Gasteiger partial charge in [0.2, 0.25) is 10.0 Å². The van der Waals surface area contributed by atoms with E-state index in [-0.39, 0.29) is 11.3 Å². The number of esters is 1. The van der Waals surface area contributed by atoms with Gasteiger partial charge in [0.1, 0.15) is 0 Å². The Labute approximate surface area is 130 Å². The molecule has 122 valence electrons. The van der Waals surface area contributed by atoms with Crippen molar-refractivity contribution in [2.75, 3.05) is 17.5 Å². The minimum Gasteiger partial charge on any atom is -0.449 e. The quantitative estimate of drug-likeness (QED) is 0.731. The fraction of sp³-hybridized carbons (Fsp3) is 0.429. The van der Waals surface area contributed by atoms with E-state index in [0.717, 1.165) is 12.7 Å². The Kier molecular flexibility index (Phi) is 6.36. The summed E-state index contributed by atoms with van der Waals surface area (Å²) >= 11 is 0. The van der Waals surface area contributed by atoms with Crippen LogP contribution in [0.2, 0.25) is 0 Å². The number of carbonyl (C=O) groups is 2. The van der Waals surface area contributed by atoms with Gasteiger partial charge in [0.25, 0.3) is 5.91 Å². The van der Waals surface area contributed by atoms with Crippen LogP contribution in [0.4, 0.5) is 5.69 Å². The van der Waals surface area contributed by atoms with Crippen molar-refractivity contribution >= 4 is 27.6 Å². The Balaban J connectivity index is 2.83. The van der Waals surface area contributed by atoms with Crippen molar-refractivity contribution in [1.82, 2.24) is 5.32 Å². The number of rotatable bonds is 7. The Morgan fingerprint density at radius 1 is 1.27 bits per heavy atom. The molecule has 0 aliphatic carbocycles. The van der Waals surface area contributed by atoms with E-state index in [0.29, 0.717) is 6.54 Å². The number of sulfonamides is 1. The first-order valence-corrected chi connectivity index (χ1v) is 8.69. The van der Waals surface area contributed by atoms with E-state index in [2.05, 4.69) is 10.0 Å². The first kappa shape index (κ1) is 18.0. The number of nitrogens with one attached hydrogen (secondary N) is 2. The molecule has 22 heavy (non-hydrogen) atoms. The molecule has 0 unspecified atom stereocenters. The second-order valence-corrected chi connectivity index (χ2v) is 6.51. The van der Waals surface area contributed by atoms with Crippen LogP contribution in [0.1, 0.15) is 30.6 Å². The van der Waals surface area contributed by atoms with Crippen LogP contribution in [0.25, 0.3) is 0 Å². The number of ether oxygens (including phenoxy) is 1. The fourth-order valence-corrected chi connectivity index (χ4v) is 2.20. The van der Waals surface area contributed by atoms with E-state index in [4.69, 9.17) is 4.74 Å². The summed E-state index contributed by atoms with van der Waals surface area (Å²) in [4.78, 5) is 23.8. The van der Waals surface area contributed by atoms with E-state index < -0.39 is 28.0 Å². The van der Waals surface area contributed by atoms with Crippen molar-refractivity contribution in [3.8, 4) is 0 Å². The maximum Gasteiger partial charge on any atom is 0.341 e. The Bertz CT molecular complexity index is 642. The number of hydrogen-bond acceptors (Lipinski definition) is 5. The summed E-state index contributed by atoms with van der Waals surface area (Å²) in [5, 5.41) is 2.61. The van der Waals surface area contributed by atoms with Crippen molar-refractivity contribution in [2.24, 2.45) is 0 Å². The fourth-order valence-electron chi connectivity index (χ4n) is 1.62. The molecule has 8 heteroatoms. The third kappa shape index (κ3) is 5.72. The van der Waals surface area contributed by atoms with E-state index in [9.17, 15) is 18.0 Å².